The smallest absolute Gasteiger partial charge is 0.183 e. The molecule has 0 amide bonds. The van der Waals surface area contributed by atoms with Gasteiger partial charge >= 0.3 is 0 Å². The highest BCUT2D eigenvalue weighted by Gasteiger charge is 2.39. The molecule has 0 aliphatic carbocycles. The summed E-state index contributed by atoms with van der Waals surface area (Å²) in [6.45, 7) is 3.54. The first kappa shape index (κ1) is 9.92. The van der Waals surface area contributed by atoms with E-state index in [1.54, 1.807) is 13.8 Å². The SMILES string of the molecule is CO[C@@H]1OC(C)[C@@H](O)C(C)C1O. The van der Waals surface area contributed by atoms with Crippen LogP contribution >= 0.6 is 0 Å². The third-order valence-corrected chi connectivity index (χ3v) is 2.42. The lowest BCUT2D eigenvalue weighted by Crippen LogP contribution is -2.52. The van der Waals surface area contributed by atoms with Gasteiger partial charge < -0.3 is 19.7 Å². The Morgan fingerprint density at radius 1 is 1.17 bits per heavy atom. The van der Waals surface area contributed by atoms with Crippen LogP contribution in [0.5, 0.6) is 0 Å². The van der Waals surface area contributed by atoms with Gasteiger partial charge in [-0.2, -0.15) is 0 Å². The van der Waals surface area contributed by atoms with Crippen LogP contribution in [0.25, 0.3) is 0 Å². The Labute approximate surface area is 72.1 Å². The van der Waals surface area contributed by atoms with Gasteiger partial charge in [0.05, 0.1) is 12.2 Å². The molecule has 0 radical (unpaired) electrons. The second-order valence-corrected chi connectivity index (χ2v) is 3.29. The number of aliphatic hydroxyl groups is 2. The van der Waals surface area contributed by atoms with Crippen LogP contribution in [-0.4, -0.2) is 41.9 Å². The highest BCUT2D eigenvalue weighted by atomic mass is 16.7. The van der Waals surface area contributed by atoms with Gasteiger partial charge in [0, 0.05) is 13.0 Å². The molecule has 4 heteroatoms. The van der Waals surface area contributed by atoms with Gasteiger partial charge in [-0.05, 0) is 6.92 Å². The van der Waals surface area contributed by atoms with Gasteiger partial charge in [0.15, 0.2) is 6.29 Å². The Hall–Kier alpha value is -0.160. The fourth-order valence-electron chi connectivity index (χ4n) is 1.44. The first-order valence-corrected chi connectivity index (χ1v) is 4.12. The van der Waals surface area contributed by atoms with E-state index in [0.717, 1.165) is 0 Å². The maximum absolute atomic E-state index is 9.52. The summed E-state index contributed by atoms with van der Waals surface area (Å²) in [5.41, 5.74) is 0. The molecule has 5 atom stereocenters. The number of hydrogen-bond donors (Lipinski definition) is 2. The average Bonchev–Trinajstić information content (AvgIpc) is 2.08. The van der Waals surface area contributed by atoms with Crippen LogP contribution in [0.4, 0.5) is 0 Å². The number of methoxy groups -OCH3 is 1. The first-order valence-electron chi connectivity index (χ1n) is 4.12. The number of rotatable bonds is 1. The summed E-state index contributed by atoms with van der Waals surface area (Å²) < 4.78 is 10.1. The molecule has 1 fully saturated rings. The van der Waals surface area contributed by atoms with E-state index in [2.05, 4.69) is 0 Å². The largest absolute Gasteiger partial charge is 0.390 e. The summed E-state index contributed by atoms with van der Waals surface area (Å²) in [4.78, 5) is 0. The zero-order valence-electron chi connectivity index (χ0n) is 7.60. The zero-order valence-corrected chi connectivity index (χ0v) is 7.60. The molecule has 0 bridgehead atoms. The van der Waals surface area contributed by atoms with Crippen LogP contribution in [0.15, 0.2) is 0 Å². The minimum atomic E-state index is -0.749. The van der Waals surface area contributed by atoms with Gasteiger partial charge in [-0.3, -0.25) is 0 Å². The van der Waals surface area contributed by atoms with E-state index in [0.29, 0.717) is 0 Å². The van der Waals surface area contributed by atoms with E-state index < -0.39 is 18.5 Å². The molecule has 0 saturated carbocycles. The van der Waals surface area contributed by atoms with Crippen molar-refractivity contribution < 1.29 is 19.7 Å². The lowest BCUT2D eigenvalue weighted by atomic mass is 9.91. The van der Waals surface area contributed by atoms with Gasteiger partial charge in [-0.1, -0.05) is 6.92 Å². The molecule has 0 spiro atoms. The molecule has 72 valence electrons. The summed E-state index contributed by atoms with van der Waals surface area (Å²) in [5.74, 6) is -0.210. The molecule has 0 aromatic carbocycles. The first-order chi connectivity index (χ1) is 5.57. The predicted molar refractivity (Wildman–Crippen MR) is 42.5 cm³/mol. The van der Waals surface area contributed by atoms with Crippen molar-refractivity contribution in [1.82, 2.24) is 0 Å². The van der Waals surface area contributed by atoms with Crippen LogP contribution in [0.1, 0.15) is 13.8 Å². The highest BCUT2D eigenvalue weighted by Crippen LogP contribution is 2.25. The van der Waals surface area contributed by atoms with Crippen molar-refractivity contribution in [3.05, 3.63) is 0 Å². The molecule has 1 aliphatic heterocycles. The van der Waals surface area contributed by atoms with Crippen LogP contribution in [0.2, 0.25) is 0 Å². The van der Waals surface area contributed by atoms with Gasteiger partial charge in [-0.15, -0.1) is 0 Å². The topological polar surface area (TPSA) is 58.9 Å². The van der Waals surface area contributed by atoms with E-state index in [9.17, 15) is 10.2 Å². The molecule has 0 aromatic rings. The normalized spacial score (nSPS) is 49.2. The molecular formula is C8H16O4. The van der Waals surface area contributed by atoms with Crippen LogP contribution < -0.4 is 0 Å². The fourth-order valence-corrected chi connectivity index (χ4v) is 1.44. The van der Waals surface area contributed by atoms with Crippen molar-refractivity contribution in [3.8, 4) is 0 Å². The molecule has 2 N–H and O–H groups in total. The van der Waals surface area contributed by atoms with Crippen molar-refractivity contribution in [1.29, 1.82) is 0 Å². The van der Waals surface area contributed by atoms with E-state index in [1.807, 2.05) is 0 Å². The second kappa shape index (κ2) is 3.70. The molecule has 1 heterocycles. The standard InChI is InChI=1S/C8H16O4/c1-4-6(9)5(2)12-8(11-3)7(4)10/h4-10H,1-3H3/t4?,5?,6-,7?,8+/m0/s1. The molecule has 1 aliphatic rings. The molecule has 3 unspecified atom stereocenters. The van der Waals surface area contributed by atoms with Crippen LogP contribution in [0.3, 0.4) is 0 Å². The van der Waals surface area contributed by atoms with Crippen molar-refractivity contribution in [3.63, 3.8) is 0 Å². The Bertz CT molecular complexity index is 145. The summed E-state index contributed by atoms with van der Waals surface area (Å²) in [6, 6.07) is 0. The van der Waals surface area contributed by atoms with Gasteiger partial charge in [0.25, 0.3) is 0 Å². The third kappa shape index (κ3) is 1.61. The Morgan fingerprint density at radius 2 is 1.75 bits per heavy atom. The van der Waals surface area contributed by atoms with Crippen molar-refractivity contribution >= 4 is 0 Å². The van der Waals surface area contributed by atoms with Crippen molar-refractivity contribution in [2.45, 2.75) is 38.4 Å². The third-order valence-electron chi connectivity index (χ3n) is 2.42. The van der Waals surface area contributed by atoms with E-state index in [-0.39, 0.29) is 12.0 Å². The monoisotopic (exact) mass is 176 g/mol. The quantitative estimate of drug-likeness (QED) is 0.577. The Kier molecular flexibility index (Phi) is 3.06. The summed E-state index contributed by atoms with van der Waals surface area (Å²) >= 11 is 0. The number of ether oxygens (including phenoxy) is 2. The predicted octanol–water partition coefficient (Wildman–Crippen LogP) is -0.264. The molecule has 12 heavy (non-hydrogen) atoms. The molecule has 1 saturated heterocycles. The Morgan fingerprint density at radius 3 is 2.25 bits per heavy atom. The minimum absolute atomic E-state index is 0.210. The molecule has 1 rings (SSSR count). The molecule has 4 nitrogen and oxygen atoms in total. The number of aliphatic hydroxyl groups excluding tert-OH is 2. The summed E-state index contributed by atoms with van der Waals surface area (Å²) in [5, 5.41) is 19.0. The van der Waals surface area contributed by atoms with E-state index in [1.165, 1.54) is 7.11 Å². The van der Waals surface area contributed by atoms with Gasteiger partial charge in [-0.25, -0.2) is 0 Å². The zero-order chi connectivity index (χ0) is 9.30. The average molecular weight is 176 g/mol. The lowest BCUT2D eigenvalue weighted by molar-refractivity contribution is -0.270. The second-order valence-electron chi connectivity index (χ2n) is 3.29. The Balaban J connectivity index is 2.63. The van der Waals surface area contributed by atoms with Gasteiger partial charge in [0.1, 0.15) is 6.10 Å². The number of hydrogen-bond acceptors (Lipinski definition) is 4. The lowest BCUT2D eigenvalue weighted by Gasteiger charge is -2.39. The van der Waals surface area contributed by atoms with Gasteiger partial charge in [0.2, 0.25) is 0 Å². The fraction of sp³-hybridized carbons (Fsp3) is 1.00. The summed E-state index contributed by atoms with van der Waals surface area (Å²) in [6.07, 6.45) is -2.26. The maximum atomic E-state index is 9.52. The van der Waals surface area contributed by atoms with Crippen LogP contribution in [0, 0.1) is 5.92 Å². The maximum Gasteiger partial charge on any atom is 0.183 e. The van der Waals surface area contributed by atoms with Crippen molar-refractivity contribution in [2.75, 3.05) is 7.11 Å². The highest BCUT2D eigenvalue weighted by molar-refractivity contribution is 4.84. The molecule has 0 aromatic heterocycles. The van der Waals surface area contributed by atoms with Crippen molar-refractivity contribution in [2.24, 2.45) is 5.92 Å². The van der Waals surface area contributed by atoms with E-state index in [4.69, 9.17) is 9.47 Å². The van der Waals surface area contributed by atoms with Crippen LogP contribution in [-0.2, 0) is 9.47 Å². The van der Waals surface area contributed by atoms with E-state index >= 15 is 0 Å². The minimum Gasteiger partial charge on any atom is -0.390 e. The molecular weight excluding hydrogens is 160 g/mol. The summed E-state index contributed by atoms with van der Waals surface area (Å²) in [7, 11) is 1.48.